The van der Waals surface area contributed by atoms with E-state index in [2.05, 4.69) is 10.6 Å². The lowest BCUT2D eigenvalue weighted by atomic mass is 10.0. The lowest BCUT2D eigenvalue weighted by Crippen LogP contribution is -2.33. The molecule has 0 fully saturated rings. The highest BCUT2D eigenvalue weighted by Crippen LogP contribution is 2.35. The normalized spacial score (nSPS) is 13.4. The molecule has 0 saturated heterocycles. The Bertz CT molecular complexity index is 1280. The number of hydrogen-bond acceptors (Lipinski definition) is 5. The average Bonchev–Trinajstić information content (AvgIpc) is 3.04. The Balaban J connectivity index is 1.80. The fraction of sp³-hybridized carbons (Fsp3) is 0.0800. The van der Waals surface area contributed by atoms with Crippen LogP contribution in [0.2, 0.25) is 0 Å². The third-order valence-corrected chi connectivity index (χ3v) is 5.01. The smallest absolute Gasteiger partial charge is 0.282 e. The molecule has 33 heavy (non-hydrogen) atoms. The molecule has 3 aromatic carbocycles. The quantitative estimate of drug-likeness (QED) is 0.556. The number of nitrogens with zero attached hydrogens (tertiary/aromatic N) is 1. The highest BCUT2D eigenvalue weighted by atomic mass is 19.1. The second-order valence-corrected chi connectivity index (χ2v) is 7.26. The van der Waals surface area contributed by atoms with Gasteiger partial charge in [-0.15, -0.1) is 0 Å². The van der Waals surface area contributed by atoms with E-state index < -0.39 is 17.6 Å². The van der Waals surface area contributed by atoms with Gasteiger partial charge in [0.2, 0.25) is 5.91 Å². The molecule has 0 aliphatic carbocycles. The van der Waals surface area contributed by atoms with Crippen molar-refractivity contribution in [1.82, 2.24) is 0 Å². The number of rotatable bonds is 6. The predicted molar refractivity (Wildman–Crippen MR) is 123 cm³/mol. The Morgan fingerprint density at radius 1 is 0.909 bits per heavy atom. The van der Waals surface area contributed by atoms with Crippen LogP contribution in [0.4, 0.5) is 21.5 Å². The molecule has 8 heteroatoms. The Morgan fingerprint density at radius 2 is 1.64 bits per heavy atom. The zero-order valence-electron chi connectivity index (χ0n) is 17.9. The van der Waals surface area contributed by atoms with Crippen LogP contribution in [0.1, 0.15) is 12.5 Å². The molecule has 0 saturated carbocycles. The largest absolute Gasteiger partial charge is 0.497 e. The molecule has 1 heterocycles. The van der Waals surface area contributed by atoms with Crippen LogP contribution in [0.3, 0.4) is 0 Å². The highest BCUT2D eigenvalue weighted by Gasteiger charge is 2.41. The zero-order chi connectivity index (χ0) is 23.5. The van der Waals surface area contributed by atoms with Crippen LogP contribution < -0.4 is 20.3 Å². The molecule has 166 valence electrons. The van der Waals surface area contributed by atoms with Crippen LogP contribution >= 0.6 is 0 Å². The maximum atomic E-state index is 14.5. The molecule has 4 rings (SSSR count). The fourth-order valence-electron chi connectivity index (χ4n) is 3.53. The lowest BCUT2D eigenvalue weighted by Gasteiger charge is -2.16. The molecule has 3 aromatic rings. The van der Waals surface area contributed by atoms with Gasteiger partial charge in [-0.3, -0.25) is 14.4 Å². The molecular formula is C25H20FN3O4. The standard InChI is InChI=1S/C25H20FN3O4/c1-15(30)27-17-12-10-16(11-13-17)22-23(28-18-6-5-7-19(14-18)33-2)25(32)29(24(22)31)21-9-4-3-8-20(21)26/h3-14,28H,1-2H3,(H,27,30). The van der Waals surface area contributed by atoms with Gasteiger partial charge in [0, 0.05) is 24.4 Å². The summed E-state index contributed by atoms with van der Waals surface area (Å²) in [6.07, 6.45) is 0. The Morgan fingerprint density at radius 3 is 2.30 bits per heavy atom. The monoisotopic (exact) mass is 445 g/mol. The number of benzene rings is 3. The molecule has 0 bridgehead atoms. The summed E-state index contributed by atoms with van der Waals surface area (Å²) in [5.74, 6) is -1.72. The molecule has 7 nitrogen and oxygen atoms in total. The first-order valence-electron chi connectivity index (χ1n) is 10.1. The van der Waals surface area contributed by atoms with Gasteiger partial charge >= 0.3 is 0 Å². The highest BCUT2D eigenvalue weighted by molar-refractivity contribution is 6.46. The van der Waals surface area contributed by atoms with Crippen molar-refractivity contribution in [3.8, 4) is 5.75 Å². The van der Waals surface area contributed by atoms with Crippen molar-refractivity contribution in [3.05, 3.63) is 89.9 Å². The van der Waals surface area contributed by atoms with Crippen LogP contribution in [0.15, 0.2) is 78.5 Å². The van der Waals surface area contributed by atoms with E-state index in [9.17, 15) is 18.8 Å². The molecular weight excluding hydrogens is 425 g/mol. The first-order valence-corrected chi connectivity index (χ1v) is 10.1. The van der Waals surface area contributed by atoms with E-state index in [0.717, 1.165) is 4.90 Å². The first-order chi connectivity index (χ1) is 15.9. The van der Waals surface area contributed by atoms with Crippen molar-refractivity contribution in [1.29, 1.82) is 0 Å². The van der Waals surface area contributed by atoms with Gasteiger partial charge in [0.25, 0.3) is 11.8 Å². The third kappa shape index (κ3) is 4.31. The van der Waals surface area contributed by atoms with E-state index in [1.165, 1.54) is 32.2 Å². The van der Waals surface area contributed by atoms with E-state index in [1.54, 1.807) is 54.6 Å². The van der Waals surface area contributed by atoms with Gasteiger partial charge in [0.15, 0.2) is 0 Å². The summed E-state index contributed by atoms with van der Waals surface area (Å²) in [6, 6.07) is 18.9. The number of imide groups is 1. The van der Waals surface area contributed by atoms with Gasteiger partial charge < -0.3 is 15.4 Å². The summed E-state index contributed by atoms with van der Waals surface area (Å²) in [7, 11) is 1.52. The van der Waals surface area contributed by atoms with Gasteiger partial charge in [-0.2, -0.15) is 0 Å². The van der Waals surface area contributed by atoms with Crippen LogP contribution in [0, 0.1) is 5.82 Å². The minimum Gasteiger partial charge on any atom is -0.497 e. The summed E-state index contributed by atoms with van der Waals surface area (Å²) in [4.78, 5) is 38.9. The van der Waals surface area contributed by atoms with Crippen LogP contribution in [0.5, 0.6) is 5.75 Å². The summed E-state index contributed by atoms with van der Waals surface area (Å²) < 4.78 is 19.7. The zero-order valence-corrected chi connectivity index (χ0v) is 17.9. The number of para-hydroxylation sites is 1. The minimum atomic E-state index is -0.692. The number of halogens is 1. The number of nitrogens with one attached hydrogen (secondary N) is 2. The maximum absolute atomic E-state index is 14.5. The SMILES string of the molecule is COc1cccc(NC2=C(c3ccc(NC(C)=O)cc3)C(=O)N(c3ccccc3F)C2=O)c1. The molecule has 1 aliphatic rings. The lowest BCUT2D eigenvalue weighted by molar-refractivity contribution is -0.120. The topological polar surface area (TPSA) is 87.7 Å². The first kappa shape index (κ1) is 21.8. The number of carbonyl (C=O) groups is 3. The number of hydrogen-bond donors (Lipinski definition) is 2. The van der Waals surface area contributed by atoms with Crippen molar-refractivity contribution >= 4 is 40.4 Å². The fourth-order valence-corrected chi connectivity index (χ4v) is 3.53. The average molecular weight is 445 g/mol. The molecule has 0 spiro atoms. The Labute approximate surface area is 189 Å². The number of anilines is 3. The molecule has 0 unspecified atom stereocenters. The third-order valence-electron chi connectivity index (χ3n) is 5.01. The van der Waals surface area contributed by atoms with Crippen molar-refractivity contribution < 1.29 is 23.5 Å². The molecule has 0 atom stereocenters. The van der Waals surface area contributed by atoms with Crippen molar-refractivity contribution in [2.24, 2.45) is 0 Å². The van der Waals surface area contributed by atoms with Crippen molar-refractivity contribution in [2.75, 3.05) is 22.6 Å². The predicted octanol–water partition coefficient (Wildman–Crippen LogP) is 4.19. The van der Waals surface area contributed by atoms with Crippen molar-refractivity contribution in [2.45, 2.75) is 6.92 Å². The number of carbonyl (C=O) groups excluding carboxylic acids is 3. The second-order valence-electron chi connectivity index (χ2n) is 7.26. The summed E-state index contributed by atoms with van der Waals surface area (Å²) in [6.45, 7) is 1.39. The van der Waals surface area contributed by atoms with Gasteiger partial charge in [0.1, 0.15) is 17.3 Å². The van der Waals surface area contributed by atoms with E-state index in [1.807, 2.05) is 0 Å². The van der Waals surface area contributed by atoms with E-state index >= 15 is 0 Å². The van der Waals surface area contributed by atoms with E-state index in [-0.39, 0.29) is 22.9 Å². The summed E-state index contributed by atoms with van der Waals surface area (Å²) >= 11 is 0. The van der Waals surface area contributed by atoms with E-state index in [0.29, 0.717) is 22.7 Å². The van der Waals surface area contributed by atoms with E-state index in [4.69, 9.17) is 4.74 Å². The summed E-state index contributed by atoms with van der Waals surface area (Å²) in [5.41, 5.74) is 1.45. The molecule has 1 aliphatic heterocycles. The Kier molecular flexibility index (Phi) is 5.91. The molecule has 2 N–H and O–H groups in total. The van der Waals surface area contributed by atoms with Gasteiger partial charge in [-0.25, -0.2) is 9.29 Å². The number of methoxy groups -OCH3 is 1. The van der Waals surface area contributed by atoms with Crippen LogP contribution in [-0.2, 0) is 14.4 Å². The van der Waals surface area contributed by atoms with Gasteiger partial charge in [0.05, 0.1) is 18.4 Å². The number of ether oxygens (including phenoxy) is 1. The summed E-state index contributed by atoms with van der Waals surface area (Å²) in [5, 5.41) is 5.66. The second kappa shape index (κ2) is 8.96. The molecule has 0 radical (unpaired) electrons. The van der Waals surface area contributed by atoms with Crippen LogP contribution in [-0.4, -0.2) is 24.8 Å². The van der Waals surface area contributed by atoms with Gasteiger partial charge in [-0.05, 0) is 42.0 Å². The number of amides is 3. The van der Waals surface area contributed by atoms with Gasteiger partial charge in [-0.1, -0.05) is 30.3 Å². The molecule has 0 aromatic heterocycles. The van der Waals surface area contributed by atoms with Crippen molar-refractivity contribution in [3.63, 3.8) is 0 Å². The van der Waals surface area contributed by atoms with Crippen LogP contribution in [0.25, 0.3) is 5.57 Å². The maximum Gasteiger partial charge on any atom is 0.282 e. The molecule has 3 amide bonds. The minimum absolute atomic E-state index is 0.00350. The Hall–Kier alpha value is -4.46.